The number of morpholine rings is 1. The number of amides is 1. The summed E-state index contributed by atoms with van der Waals surface area (Å²) in [5, 5.41) is 6.35. The Hall–Kier alpha value is -0.690. The van der Waals surface area contributed by atoms with Crippen molar-refractivity contribution in [1.29, 1.82) is 0 Å². The van der Waals surface area contributed by atoms with Crippen LogP contribution in [0.3, 0.4) is 0 Å². The highest BCUT2D eigenvalue weighted by Gasteiger charge is 2.39. The highest BCUT2D eigenvalue weighted by molar-refractivity contribution is 5.85. The van der Waals surface area contributed by atoms with Crippen molar-refractivity contribution in [1.82, 2.24) is 15.5 Å². The minimum Gasteiger partial charge on any atom is -0.379 e. The molecule has 0 radical (unpaired) electrons. The van der Waals surface area contributed by atoms with Crippen molar-refractivity contribution in [3.8, 4) is 0 Å². The summed E-state index contributed by atoms with van der Waals surface area (Å²) in [5.41, 5.74) is -0.635. The maximum Gasteiger partial charge on any atom is 0.252 e. The van der Waals surface area contributed by atoms with Gasteiger partial charge < -0.3 is 20.1 Å². The van der Waals surface area contributed by atoms with E-state index in [1.165, 1.54) is 0 Å². The fourth-order valence-electron chi connectivity index (χ4n) is 3.07. The molecule has 1 unspecified atom stereocenters. The quantitative estimate of drug-likeness (QED) is 0.713. The molecule has 2 rings (SSSR count). The van der Waals surface area contributed by atoms with Gasteiger partial charge in [-0.1, -0.05) is 6.92 Å². The van der Waals surface area contributed by atoms with Crippen LogP contribution in [-0.4, -0.2) is 76.0 Å². The van der Waals surface area contributed by atoms with Crippen molar-refractivity contribution in [2.75, 3.05) is 59.6 Å². The molecule has 2 N–H and O–H groups in total. The average Bonchev–Trinajstić information content (AvgIpc) is 2.54. The van der Waals surface area contributed by atoms with Crippen LogP contribution >= 0.6 is 0 Å². The number of piperidine rings is 1. The lowest BCUT2D eigenvalue weighted by atomic mass is 9.91. The number of ether oxygens (including phenoxy) is 2. The molecule has 0 spiro atoms. The van der Waals surface area contributed by atoms with Gasteiger partial charge in [-0.2, -0.15) is 0 Å². The molecule has 6 heteroatoms. The van der Waals surface area contributed by atoms with Gasteiger partial charge in [0.25, 0.3) is 5.91 Å². The normalized spacial score (nSPS) is 24.5. The molecule has 2 aliphatic rings. The lowest BCUT2D eigenvalue weighted by Crippen LogP contribution is -2.55. The van der Waals surface area contributed by atoms with E-state index < -0.39 is 5.60 Å². The first kappa shape index (κ1) is 16.7. The van der Waals surface area contributed by atoms with Crippen molar-refractivity contribution in [2.24, 2.45) is 5.92 Å². The summed E-state index contributed by atoms with van der Waals surface area (Å²) in [4.78, 5) is 14.9. The number of carbonyl (C=O) groups is 1. The van der Waals surface area contributed by atoms with E-state index in [0.29, 0.717) is 12.5 Å². The van der Waals surface area contributed by atoms with Gasteiger partial charge >= 0.3 is 0 Å². The lowest BCUT2D eigenvalue weighted by Gasteiger charge is -2.35. The third-order valence-electron chi connectivity index (χ3n) is 4.50. The van der Waals surface area contributed by atoms with Gasteiger partial charge in [-0.3, -0.25) is 9.69 Å². The molecule has 2 fully saturated rings. The van der Waals surface area contributed by atoms with Gasteiger partial charge in [-0.15, -0.1) is 0 Å². The van der Waals surface area contributed by atoms with Gasteiger partial charge in [0.1, 0.15) is 5.60 Å². The fraction of sp³-hybridized carbons (Fsp3) is 0.933. The van der Waals surface area contributed by atoms with E-state index in [2.05, 4.69) is 22.5 Å². The Labute approximate surface area is 127 Å². The summed E-state index contributed by atoms with van der Waals surface area (Å²) in [6.45, 7) is 9.18. The molecule has 1 amide bonds. The van der Waals surface area contributed by atoms with Gasteiger partial charge in [-0.25, -0.2) is 0 Å². The predicted molar refractivity (Wildman–Crippen MR) is 81.3 cm³/mol. The number of carbonyl (C=O) groups excluding carboxylic acids is 1. The van der Waals surface area contributed by atoms with Gasteiger partial charge in [-0.05, 0) is 31.8 Å². The zero-order valence-electron chi connectivity index (χ0n) is 13.3. The van der Waals surface area contributed by atoms with E-state index in [0.717, 1.165) is 58.8 Å². The third kappa shape index (κ3) is 4.64. The lowest BCUT2D eigenvalue weighted by molar-refractivity contribution is -0.146. The molecule has 0 aliphatic carbocycles. The molecule has 0 bridgehead atoms. The summed E-state index contributed by atoms with van der Waals surface area (Å²) in [5.74, 6) is 0.475. The van der Waals surface area contributed by atoms with Crippen molar-refractivity contribution in [3.63, 3.8) is 0 Å². The molecule has 0 aromatic heterocycles. The monoisotopic (exact) mass is 299 g/mol. The van der Waals surface area contributed by atoms with Crippen LogP contribution in [0.5, 0.6) is 0 Å². The average molecular weight is 299 g/mol. The number of nitrogens with zero attached hydrogens (tertiary/aromatic N) is 1. The Balaban J connectivity index is 1.74. The summed E-state index contributed by atoms with van der Waals surface area (Å²) in [7, 11) is 1.64. The summed E-state index contributed by atoms with van der Waals surface area (Å²) in [6, 6.07) is 0. The summed E-state index contributed by atoms with van der Waals surface area (Å²) >= 11 is 0. The van der Waals surface area contributed by atoms with E-state index in [4.69, 9.17) is 9.47 Å². The van der Waals surface area contributed by atoms with Crippen LogP contribution in [0.1, 0.15) is 19.8 Å². The molecule has 2 aliphatic heterocycles. The van der Waals surface area contributed by atoms with E-state index in [-0.39, 0.29) is 5.91 Å². The number of hydrogen-bond acceptors (Lipinski definition) is 5. The molecule has 2 heterocycles. The maximum atomic E-state index is 12.5. The van der Waals surface area contributed by atoms with E-state index in [1.54, 1.807) is 7.11 Å². The van der Waals surface area contributed by atoms with Crippen molar-refractivity contribution < 1.29 is 14.3 Å². The molecular weight excluding hydrogens is 270 g/mol. The van der Waals surface area contributed by atoms with Crippen LogP contribution in [-0.2, 0) is 14.3 Å². The van der Waals surface area contributed by atoms with Gasteiger partial charge in [0.2, 0.25) is 0 Å². The van der Waals surface area contributed by atoms with Gasteiger partial charge in [0, 0.05) is 33.3 Å². The smallest absolute Gasteiger partial charge is 0.252 e. The standard InChI is InChI=1S/C15H29N3O3/c1-13(12-18-7-9-21-10-8-18)11-17-14(19)15(20-2)3-5-16-6-4-15/h13,16H,3-12H2,1-2H3,(H,17,19). The molecule has 0 saturated carbocycles. The molecule has 1 atom stereocenters. The largest absolute Gasteiger partial charge is 0.379 e. The summed E-state index contributed by atoms with van der Waals surface area (Å²) in [6.07, 6.45) is 1.49. The Bertz CT molecular complexity index is 326. The van der Waals surface area contributed by atoms with E-state index >= 15 is 0 Å². The highest BCUT2D eigenvalue weighted by atomic mass is 16.5. The van der Waals surface area contributed by atoms with E-state index in [1.807, 2.05) is 0 Å². The van der Waals surface area contributed by atoms with Crippen LogP contribution < -0.4 is 10.6 Å². The van der Waals surface area contributed by atoms with Gasteiger partial charge in [0.15, 0.2) is 0 Å². The molecule has 0 aromatic rings. The van der Waals surface area contributed by atoms with E-state index in [9.17, 15) is 4.79 Å². The fourth-order valence-corrected chi connectivity index (χ4v) is 3.07. The van der Waals surface area contributed by atoms with Gasteiger partial charge in [0.05, 0.1) is 13.2 Å². The molecule has 0 aromatic carbocycles. The number of nitrogens with one attached hydrogen (secondary N) is 2. The second kappa shape index (κ2) is 8.08. The minimum atomic E-state index is -0.635. The first-order valence-electron chi connectivity index (χ1n) is 8.00. The molecule has 2 saturated heterocycles. The Kier molecular flexibility index (Phi) is 6.41. The van der Waals surface area contributed by atoms with Crippen LogP contribution in [0.2, 0.25) is 0 Å². The first-order valence-corrected chi connectivity index (χ1v) is 8.00. The van der Waals surface area contributed by atoms with Crippen LogP contribution in [0.4, 0.5) is 0 Å². The Morgan fingerprint density at radius 3 is 2.67 bits per heavy atom. The molecule has 21 heavy (non-hydrogen) atoms. The maximum absolute atomic E-state index is 12.5. The zero-order chi connectivity index (χ0) is 15.1. The summed E-state index contributed by atoms with van der Waals surface area (Å²) < 4.78 is 10.9. The van der Waals surface area contributed by atoms with Crippen molar-refractivity contribution in [3.05, 3.63) is 0 Å². The SMILES string of the molecule is COC1(C(=O)NCC(C)CN2CCOCC2)CCNCC1. The number of rotatable bonds is 6. The number of methoxy groups -OCH3 is 1. The second-order valence-electron chi connectivity index (χ2n) is 6.18. The topological polar surface area (TPSA) is 62.8 Å². The molecule has 122 valence electrons. The second-order valence-corrected chi connectivity index (χ2v) is 6.18. The predicted octanol–water partition coefficient (Wildman–Crippen LogP) is -0.160. The van der Waals surface area contributed by atoms with Crippen LogP contribution in [0, 0.1) is 5.92 Å². The minimum absolute atomic E-state index is 0.0420. The Morgan fingerprint density at radius 2 is 2.05 bits per heavy atom. The highest BCUT2D eigenvalue weighted by Crippen LogP contribution is 2.22. The van der Waals surface area contributed by atoms with Crippen molar-refractivity contribution in [2.45, 2.75) is 25.4 Å². The third-order valence-corrected chi connectivity index (χ3v) is 4.50. The van der Waals surface area contributed by atoms with Crippen LogP contribution in [0.25, 0.3) is 0 Å². The zero-order valence-corrected chi connectivity index (χ0v) is 13.3. The first-order chi connectivity index (χ1) is 10.2. The van der Waals surface area contributed by atoms with Crippen molar-refractivity contribution >= 4 is 5.91 Å². The molecule has 6 nitrogen and oxygen atoms in total. The number of hydrogen-bond donors (Lipinski definition) is 2. The van der Waals surface area contributed by atoms with Crippen LogP contribution in [0.15, 0.2) is 0 Å². The molecular formula is C15H29N3O3. The Morgan fingerprint density at radius 1 is 1.38 bits per heavy atom.